The summed E-state index contributed by atoms with van der Waals surface area (Å²) in [6.07, 6.45) is 2.99. The maximum atomic E-state index is 11.8. The predicted molar refractivity (Wildman–Crippen MR) is 61.9 cm³/mol. The fourth-order valence-electron chi connectivity index (χ4n) is 1.19. The van der Waals surface area contributed by atoms with Crippen molar-refractivity contribution in [3.8, 4) is 0 Å². The van der Waals surface area contributed by atoms with Crippen LogP contribution in [0.25, 0.3) is 0 Å². The van der Waals surface area contributed by atoms with E-state index in [1.807, 2.05) is 0 Å². The molecule has 0 spiro atoms. The summed E-state index contributed by atoms with van der Waals surface area (Å²) in [7, 11) is -3.83. The molecule has 0 amide bonds. The van der Waals surface area contributed by atoms with E-state index in [-0.39, 0.29) is 4.90 Å². The van der Waals surface area contributed by atoms with Gasteiger partial charge in [0.05, 0.1) is 0 Å². The minimum Gasteiger partial charge on any atom is -0.176 e. The summed E-state index contributed by atoms with van der Waals surface area (Å²) >= 11 is 5.68. The molecule has 0 aliphatic carbocycles. The molecule has 1 heterocycles. The quantitative estimate of drug-likeness (QED) is 0.793. The maximum absolute atomic E-state index is 11.8. The van der Waals surface area contributed by atoms with Crippen LogP contribution in [0.4, 0.5) is 0 Å². The number of pyridine rings is 1. The molecule has 0 fully saturated rings. The molecular formula is C11H9ClNO3S+. The molecule has 17 heavy (non-hydrogen) atoms. The van der Waals surface area contributed by atoms with E-state index in [0.29, 0.717) is 5.02 Å². The van der Waals surface area contributed by atoms with Gasteiger partial charge in [0.2, 0.25) is 12.4 Å². The highest BCUT2D eigenvalue weighted by atomic mass is 35.5. The standard InChI is InChI=1S/C11H9ClNO3S/c12-10-4-6-11(7-5-10)17(14,15)16-13-8-2-1-3-9-13/h1-9H/q+1. The minimum atomic E-state index is -3.83. The van der Waals surface area contributed by atoms with Gasteiger partial charge in [-0.2, -0.15) is 8.42 Å². The van der Waals surface area contributed by atoms with Gasteiger partial charge in [-0.05, 0) is 24.3 Å². The second-order valence-corrected chi connectivity index (χ2v) is 5.18. The molecule has 2 aromatic rings. The monoisotopic (exact) mass is 270 g/mol. The summed E-state index contributed by atoms with van der Waals surface area (Å²) in [4.78, 5) is 0.0539. The van der Waals surface area contributed by atoms with E-state index in [9.17, 15) is 8.42 Å². The molecule has 4 nitrogen and oxygen atoms in total. The van der Waals surface area contributed by atoms with Crippen molar-refractivity contribution < 1.29 is 17.4 Å². The molecular weight excluding hydrogens is 262 g/mol. The van der Waals surface area contributed by atoms with E-state index < -0.39 is 10.1 Å². The zero-order valence-electron chi connectivity index (χ0n) is 8.65. The van der Waals surface area contributed by atoms with Gasteiger partial charge in [-0.25, -0.2) is 0 Å². The molecule has 0 atom stereocenters. The molecule has 88 valence electrons. The number of benzene rings is 1. The van der Waals surface area contributed by atoms with Crippen LogP contribution in [0.15, 0.2) is 59.8 Å². The first-order valence-electron chi connectivity index (χ1n) is 4.75. The zero-order valence-corrected chi connectivity index (χ0v) is 10.2. The Morgan fingerprint density at radius 2 is 1.59 bits per heavy atom. The Balaban J connectivity index is 2.29. The van der Waals surface area contributed by atoms with Crippen molar-refractivity contribution in [2.24, 2.45) is 0 Å². The minimum absolute atomic E-state index is 0.0539. The third-order valence-electron chi connectivity index (χ3n) is 1.97. The van der Waals surface area contributed by atoms with E-state index in [1.54, 1.807) is 18.2 Å². The molecule has 6 heteroatoms. The highest BCUT2D eigenvalue weighted by Gasteiger charge is 2.21. The number of aromatic nitrogens is 1. The van der Waals surface area contributed by atoms with Gasteiger partial charge in [0.15, 0.2) is 0 Å². The van der Waals surface area contributed by atoms with Crippen molar-refractivity contribution in [2.75, 3.05) is 0 Å². The maximum Gasteiger partial charge on any atom is 0.396 e. The Labute approximate surface area is 104 Å². The molecule has 0 aliphatic heterocycles. The Kier molecular flexibility index (Phi) is 3.31. The molecule has 1 aromatic heterocycles. The largest absolute Gasteiger partial charge is 0.396 e. The molecule has 0 aliphatic rings. The fourth-order valence-corrected chi connectivity index (χ4v) is 2.20. The van der Waals surface area contributed by atoms with Crippen LogP contribution >= 0.6 is 11.6 Å². The smallest absolute Gasteiger partial charge is 0.176 e. The number of rotatable bonds is 3. The molecule has 2 rings (SSSR count). The van der Waals surface area contributed by atoms with Crippen molar-refractivity contribution in [3.05, 3.63) is 59.9 Å². The normalized spacial score (nSPS) is 11.1. The van der Waals surface area contributed by atoms with E-state index in [2.05, 4.69) is 0 Å². The Hall–Kier alpha value is -1.59. The highest BCUT2D eigenvalue weighted by molar-refractivity contribution is 7.86. The molecule has 0 saturated heterocycles. The number of nitrogens with zero attached hydrogens (tertiary/aromatic N) is 1. The summed E-state index contributed by atoms with van der Waals surface area (Å²) in [5, 5.41) is 0.469. The van der Waals surface area contributed by atoms with Crippen LogP contribution in [-0.2, 0) is 10.1 Å². The lowest BCUT2D eigenvalue weighted by Gasteiger charge is -2.00. The van der Waals surface area contributed by atoms with Crippen molar-refractivity contribution in [1.82, 2.24) is 0 Å². The van der Waals surface area contributed by atoms with E-state index in [1.165, 1.54) is 36.7 Å². The Morgan fingerprint density at radius 3 is 2.18 bits per heavy atom. The van der Waals surface area contributed by atoms with Crippen LogP contribution in [-0.4, -0.2) is 8.42 Å². The third kappa shape index (κ3) is 2.95. The van der Waals surface area contributed by atoms with Crippen molar-refractivity contribution in [3.63, 3.8) is 0 Å². The van der Waals surface area contributed by atoms with Gasteiger partial charge in [0.1, 0.15) is 4.90 Å². The van der Waals surface area contributed by atoms with E-state index >= 15 is 0 Å². The van der Waals surface area contributed by atoms with Crippen molar-refractivity contribution >= 4 is 21.7 Å². The van der Waals surface area contributed by atoms with E-state index in [0.717, 1.165) is 4.73 Å². The van der Waals surface area contributed by atoms with Gasteiger partial charge in [-0.15, -0.1) is 4.28 Å². The van der Waals surface area contributed by atoms with Crippen LogP contribution < -0.4 is 9.01 Å². The van der Waals surface area contributed by atoms with Crippen LogP contribution in [0.3, 0.4) is 0 Å². The molecule has 1 aromatic carbocycles. The van der Waals surface area contributed by atoms with Crippen LogP contribution in [0.5, 0.6) is 0 Å². The van der Waals surface area contributed by atoms with Gasteiger partial charge in [-0.1, -0.05) is 17.7 Å². The highest BCUT2D eigenvalue weighted by Crippen LogP contribution is 2.13. The number of halogens is 1. The number of hydrogen-bond acceptors (Lipinski definition) is 3. The summed E-state index contributed by atoms with van der Waals surface area (Å²) in [6, 6.07) is 10.9. The van der Waals surface area contributed by atoms with Gasteiger partial charge < -0.3 is 0 Å². The molecule has 0 N–H and O–H groups in total. The van der Waals surface area contributed by atoms with Crippen molar-refractivity contribution in [1.29, 1.82) is 0 Å². The average molecular weight is 271 g/mol. The summed E-state index contributed by atoms with van der Waals surface area (Å²) in [6.45, 7) is 0. The third-order valence-corrected chi connectivity index (χ3v) is 3.44. The van der Waals surface area contributed by atoms with Crippen LogP contribution in [0, 0.1) is 0 Å². The summed E-state index contributed by atoms with van der Waals surface area (Å²) in [5.41, 5.74) is 0. The van der Waals surface area contributed by atoms with E-state index in [4.69, 9.17) is 15.9 Å². The first kappa shape index (κ1) is 11.9. The topological polar surface area (TPSA) is 47.3 Å². The fraction of sp³-hybridized carbons (Fsp3) is 0. The molecule has 0 unspecified atom stereocenters. The first-order chi connectivity index (χ1) is 8.08. The Bertz CT molecular complexity index is 596. The van der Waals surface area contributed by atoms with Crippen LogP contribution in [0.2, 0.25) is 5.02 Å². The second kappa shape index (κ2) is 4.73. The van der Waals surface area contributed by atoms with Crippen molar-refractivity contribution in [2.45, 2.75) is 4.90 Å². The predicted octanol–water partition coefficient (Wildman–Crippen LogP) is 1.44. The lowest BCUT2D eigenvalue weighted by Crippen LogP contribution is -2.44. The molecule has 0 saturated carbocycles. The lowest BCUT2D eigenvalue weighted by molar-refractivity contribution is -0.856. The van der Waals surface area contributed by atoms with Gasteiger partial charge in [-0.3, -0.25) is 0 Å². The molecule has 0 radical (unpaired) electrons. The summed E-state index contributed by atoms with van der Waals surface area (Å²) < 4.78 is 29.6. The van der Waals surface area contributed by atoms with Gasteiger partial charge >= 0.3 is 10.1 Å². The zero-order chi connectivity index (χ0) is 12.3. The first-order valence-corrected chi connectivity index (χ1v) is 6.53. The number of hydrogen-bond donors (Lipinski definition) is 0. The van der Waals surface area contributed by atoms with Gasteiger partial charge in [0, 0.05) is 21.9 Å². The Morgan fingerprint density at radius 1 is 1.00 bits per heavy atom. The second-order valence-electron chi connectivity index (χ2n) is 3.22. The lowest BCUT2D eigenvalue weighted by atomic mass is 10.4. The summed E-state index contributed by atoms with van der Waals surface area (Å²) in [5.74, 6) is 0. The molecule has 0 bridgehead atoms. The average Bonchev–Trinajstić information content (AvgIpc) is 2.30. The SMILES string of the molecule is O=S(=O)(O[n+]1ccccc1)c1ccc(Cl)cc1. The van der Waals surface area contributed by atoms with Gasteiger partial charge in [0.25, 0.3) is 0 Å². The van der Waals surface area contributed by atoms with Crippen LogP contribution in [0.1, 0.15) is 0 Å².